The number of rotatable bonds is 2. The minimum atomic E-state index is -0.295. The first-order valence-corrected chi connectivity index (χ1v) is 4.06. The van der Waals surface area contributed by atoms with E-state index in [0.29, 0.717) is 12.0 Å². The van der Waals surface area contributed by atoms with Crippen molar-refractivity contribution in [1.82, 2.24) is 9.78 Å². The molecule has 1 aromatic heterocycles. The minimum Gasteiger partial charge on any atom is -0.296 e. The summed E-state index contributed by atoms with van der Waals surface area (Å²) in [5, 5.41) is 3.95. The van der Waals surface area contributed by atoms with Crippen LogP contribution < -0.4 is 0 Å². The van der Waals surface area contributed by atoms with E-state index in [-0.39, 0.29) is 5.82 Å². The molecule has 0 unspecified atom stereocenters. The third-order valence-electron chi connectivity index (χ3n) is 1.82. The van der Waals surface area contributed by atoms with E-state index in [4.69, 9.17) is 0 Å². The smallest absolute Gasteiger partial charge is 0.170 e. The van der Waals surface area contributed by atoms with E-state index in [1.54, 1.807) is 24.4 Å². The maximum Gasteiger partial charge on any atom is 0.170 e. The summed E-state index contributed by atoms with van der Waals surface area (Å²) in [4.78, 5) is 10.4. The molecule has 2 rings (SSSR count). The molecule has 0 spiro atoms. The number of nitrogens with zero attached hydrogens (tertiary/aromatic N) is 2. The molecular formula is C10H7FN2O. The second-order valence-electron chi connectivity index (χ2n) is 2.78. The van der Waals surface area contributed by atoms with Gasteiger partial charge in [0.25, 0.3) is 0 Å². The first kappa shape index (κ1) is 8.62. The molecule has 0 saturated heterocycles. The highest BCUT2D eigenvalue weighted by Gasteiger charge is 1.99. The summed E-state index contributed by atoms with van der Waals surface area (Å²) >= 11 is 0. The van der Waals surface area contributed by atoms with Crippen LogP contribution in [-0.2, 0) is 0 Å². The Bertz CT molecular complexity index is 447. The molecule has 0 aliphatic heterocycles. The van der Waals surface area contributed by atoms with Gasteiger partial charge in [0.2, 0.25) is 0 Å². The lowest BCUT2D eigenvalue weighted by Crippen LogP contribution is -1.95. The Morgan fingerprint density at radius 2 is 1.93 bits per heavy atom. The van der Waals surface area contributed by atoms with E-state index in [9.17, 15) is 9.18 Å². The standard InChI is InChI=1S/C10H7FN2O/c11-8-1-3-10(4-2-8)13-6-5-9(7-14)12-13/h1-7H. The van der Waals surface area contributed by atoms with E-state index in [2.05, 4.69) is 5.10 Å². The second kappa shape index (κ2) is 3.41. The fraction of sp³-hybridized carbons (Fsp3) is 0. The molecule has 0 saturated carbocycles. The quantitative estimate of drug-likeness (QED) is 0.677. The maximum atomic E-state index is 12.6. The molecule has 0 bridgehead atoms. The first-order valence-electron chi connectivity index (χ1n) is 4.06. The number of halogens is 1. The molecule has 0 fully saturated rings. The Labute approximate surface area is 79.8 Å². The van der Waals surface area contributed by atoms with Gasteiger partial charge in [-0.05, 0) is 30.3 Å². The van der Waals surface area contributed by atoms with Gasteiger partial charge in [-0.3, -0.25) is 4.79 Å². The van der Waals surface area contributed by atoms with E-state index in [1.165, 1.54) is 16.8 Å². The van der Waals surface area contributed by atoms with Crippen molar-refractivity contribution < 1.29 is 9.18 Å². The molecule has 0 aliphatic carbocycles. The molecular weight excluding hydrogens is 183 g/mol. The predicted octanol–water partition coefficient (Wildman–Crippen LogP) is 1.82. The van der Waals surface area contributed by atoms with Crippen molar-refractivity contribution in [3.8, 4) is 5.69 Å². The zero-order valence-corrected chi connectivity index (χ0v) is 7.22. The van der Waals surface area contributed by atoms with Crippen LogP contribution in [0, 0.1) is 5.82 Å². The van der Waals surface area contributed by atoms with Crippen LogP contribution in [0.15, 0.2) is 36.5 Å². The third-order valence-corrected chi connectivity index (χ3v) is 1.82. The van der Waals surface area contributed by atoms with Crippen molar-refractivity contribution >= 4 is 6.29 Å². The van der Waals surface area contributed by atoms with E-state index < -0.39 is 0 Å². The highest BCUT2D eigenvalue weighted by Crippen LogP contribution is 2.07. The van der Waals surface area contributed by atoms with Gasteiger partial charge in [0.05, 0.1) is 5.69 Å². The fourth-order valence-electron chi connectivity index (χ4n) is 1.14. The largest absolute Gasteiger partial charge is 0.296 e. The number of aldehydes is 1. The van der Waals surface area contributed by atoms with E-state index >= 15 is 0 Å². The number of benzene rings is 1. The van der Waals surface area contributed by atoms with E-state index in [0.717, 1.165) is 5.69 Å². The predicted molar refractivity (Wildman–Crippen MR) is 48.9 cm³/mol. The summed E-state index contributed by atoms with van der Waals surface area (Å²) in [6, 6.07) is 7.47. The van der Waals surface area contributed by atoms with Gasteiger partial charge in [0.1, 0.15) is 11.5 Å². The van der Waals surface area contributed by atoms with Crippen LogP contribution in [0.2, 0.25) is 0 Å². The maximum absolute atomic E-state index is 12.6. The van der Waals surface area contributed by atoms with Crippen LogP contribution in [0.5, 0.6) is 0 Å². The van der Waals surface area contributed by atoms with Crippen molar-refractivity contribution in [3.63, 3.8) is 0 Å². The molecule has 4 heteroatoms. The summed E-state index contributed by atoms with van der Waals surface area (Å²) in [6.45, 7) is 0. The fourth-order valence-corrected chi connectivity index (χ4v) is 1.14. The van der Waals surface area contributed by atoms with Crippen molar-refractivity contribution in [3.05, 3.63) is 48.0 Å². The van der Waals surface area contributed by atoms with E-state index in [1.807, 2.05) is 0 Å². The average Bonchev–Trinajstić information content (AvgIpc) is 2.67. The molecule has 3 nitrogen and oxygen atoms in total. The summed E-state index contributed by atoms with van der Waals surface area (Å²) < 4.78 is 14.1. The summed E-state index contributed by atoms with van der Waals surface area (Å²) in [6.07, 6.45) is 2.32. The normalized spacial score (nSPS) is 10.1. The molecule has 1 heterocycles. The van der Waals surface area contributed by atoms with Gasteiger partial charge < -0.3 is 0 Å². The lowest BCUT2D eigenvalue weighted by atomic mass is 10.3. The van der Waals surface area contributed by atoms with Crippen LogP contribution >= 0.6 is 0 Å². The van der Waals surface area contributed by atoms with Gasteiger partial charge in [0, 0.05) is 6.20 Å². The lowest BCUT2D eigenvalue weighted by molar-refractivity contribution is 0.111. The van der Waals surface area contributed by atoms with Gasteiger partial charge >= 0.3 is 0 Å². The van der Waals surface area contributed by atoms with Gasteiger partial charge in [-0.1, -0.05) is 0 Å². The molecule has 1 aromatic carbocycles. The summed E-state index contributed by atoms with van der Waals surface area (Å²) in [7, 11) is 0. The molecule has 0 amide bonds. The van der Waals surface area contributed by atoms with Crippen molar-refractivity contribution in [2.45, 2.75) is 0 Å². The first-order chi connectivity index (χ1) is 6.79. The zero-order chi connectivity index (χ0) is 9.97. The number of hydrogen-bond donors (Lipinski definition) is 0. The molecule has 0 radical (unpaired) electrons. The van der Waals surface area contributed by atoms with Crippen LogP contribution in [0.25, 0.3) is 5.69 Å². The van der Waals surface area contributed by atoms with Gasteiger partial charge in [-0.15, -0.1) is 0 Å². The molecule has 14 heavy (non-hydrogen) atoms. The Balaban J connectivity index is 2.39. The SMILES string of the molecule is O=Cc1ccn(-c2ccc(F)cc2)n1. The Kier molecular flexibility index (Phi) is 2.10. The van der Waals surface area contributed by atoms with Crippen LogP contribution in [0.4, 0.5) is 4.39 Å². The highest BCUT2D eigenvalue weighted by molar-refractivity contribution is 5.71. The average molecular weight is 190 g/mol. The van der Waals surface area contributed by atoms with Crippen LogP contribution in [0.1, 0.15) is 10.5 Å². The minimum absolute atomic E-state index is 0.295. The van der Waals surface area contributed by atoms with Gasteiger partial charge in [0.15, 0.2) is 6.29 Å². The number of carbonyl (C=O) groups is 1. The summed E-state index contributed by atoms with van der Waals surface area (Å²) in [5.74, 6) is -0.295. The molecule has 0 aliphatic rings. The number of carbonyl (C=O) groups excluding carboxylic acids is 1. The van der Waals surface area contributed by atoms with Gasteiger partial charge in [-0.25, -0.2) is 9.07 Å². The Morgan fingerprint density at radius 1 is 1.21 bits per heavy atom. The molecule has 0 N–H and O–H groups in total. The number of hydrogen-bond acceptors (Lipinski definition) is 2. The monoisotopic (exact) mass is 190 g/mol. The third kappa shape index (κ3) is 1.54. The van der Waals surface area contributed by atoms with Crippen LogP contribution in [-0.4, -0.2) is 16.1 Å². The van der Waals surface area contributed by atoms with Crippen LogP contribution in [0.3, 0.4) is 0 Å². The van der Waals surface area contributed by atoms with Gasteiger partial charge in [-0.2, -0.15) is 5.10 Å². The second-order valence-corrected chi connectivity index (χ2v) is 2.78. The Hall–Kier alpha value is -1.97. The van der Waals surface area contributed by atoms with Crippen molar-refractivity contribution in [1.29, 1.82) is 0 Å². The number of aromatic nitrogens is 2. The topological polar surface area (TPSA) is 34.9 Å². The lowest BCUT2D eigenvalue weighted by Gasteiger charge is -1.99. The zero-order valence-electron chi connectivity index (χ0n) is 7.22. The molecule has 2 aromatic rings. The molecule has 70 valence electrons. The molecule has 0 atom stereocenters. The highest BCUT2D eigenvalue weighted by atomic mass is 19.1. The van der Waals surface area contributed by atoms with Crippen molar-refractivity contribution in [2.75, 3.05) is 0 Å². The summed E-state index contributed by atoms with van der Waals surface area (Å²) in [5.41, 5.74) is 1.08. The van der Waals surface area contributed by atoms with Crippen molar-refractivity contribution in [2.24, 2.45) is 0 Å². The Morgan fingerprint density at radius 3 is 2.50 bits per heavy atom.